The van der Waals surface area contributed by atoms with Crippen LogP contribution in [0.25, 0.3) is 16.9 Å². The van der Waals surface area contributed by atoms with Gasteiger partial charge in [-0.25, -0.2) is 4.98 Å². The zero-order valence-corrected chi connectivity index (χ0v) is 21.1. The van der Waals surface area contributed by atoms with Gasteiger partial charge in [0, 0.05) is 36.0 Å². The molecule has 0 spiro atoms. The summed E-state index contributed by atoms with van der Waals surface area (Å²) in [7, 11) is 1.39. The van der Waals surface area contributed by atoms with Crippen molar-refractivity contribution in [1.82, 2.24) is 20.0 Å². The molecule has 3 aromatic rings. The zero-order chi connectivity index (χ0) is 24.8. The normalized spacial score (nSPS) is 22.5. The molecular weight excluding hydrogens is 506 g/mol. The number of amides is 1. The maximum atomic E-state index is 13.3. The summed E-state index contributed by atoms with van der Waals surface area (Å²) < 4.78 is 44.8. The molecule has 2 saturated heterocycles. The molecule has 1 unspecified atom stereocenters. The number of carbonyl (C=O) groups excluding carboxylic acids is 1. The van der Waals surface area contributed by atoms with Crippen molar-refractivity contribution in [3.8, 4) is 28.5 Å². The Labute approximate surface area is 219 Å². The predicted molar refractivity (Wildman–Crippen MR) is 135 cm³/mol. The van der Waals surface area contributed by atoms with Gasteiger partial charge in [0.25, 0.3) is 5.91 Å². The molecular formula is C26H29ClF2N4O4. The number of fused-ring (bicyclic) bond motifs is 3. The highest BCUT2D eigenvalue weighted by atomic mass is 35.5. The van der Waals surface area contributed by atoms with Crippen LogP contribution in [0.15, 0.2) is 36.7 Å². The number of alkyl halides is 2. The summed E-state index contributed by atoms with van der Waals surface area (Å²) >= 11 is 0. The van der Waals surface area contributed by atoms with Crippen LogP contribution in [0, 0.1) is 0 Å². The molecule has 2 aliphatic heterocycles. The van der Waals surface area contributed by atoms with Gasteiger partial charge in [-0.15, -0.1) is 12.4 Å². The quantitative estimate of drug-likeness (QED) is 0.440. The maximum absolute atomic E-state index is 13.3. The van der Waals surface area contributed by atoms with Crippen molar-refractivity contribution >= 4 is 24.0 Å². The lowest BCUT2D eigenvalue weighted by atomic mass is 10.0. The van der Waals surface area contributed by atoms with E-state index in [-0.39, 0.29) is 41.6 Å². The van der Waals surface area contributed by atoms with Gasteiger partial charge in [0.1, 0.15) is 34.6 Å². The van der Waals surface area contributed by atoms with Crippen LogP contribution < -0.4 is 24.8 Å². The first-order valence-corrected chi connectivity index (χ1v) is 12.3. The Kier molecular flexibility index (Phi) is 7.13. The number of carbonyl (C=O) groups is 1. The molecule has 198 valence electrons. The summed E-state index contributed by atoms with van der Waals surface area (Å²) in [5.41, 5.74) is 1.78. The fourth-order valence-corrected chi connectivity index (χ4v) is 5.34. The summed E-state index contributed by atoms with van der Waals surface area (Å²) in [4.78, 5) is 17.3. The van der Waals surface area contributed by atoms with Crippen molar-refractivity contribution < 1.29 is 27.8 Å². The van der Waals surface area contributed by atoms with Gasteiger partial charge in [0.15, 0.2) is 0 Å². The SMILES string of the molecule is COc1cc(-c2cnc3cc(OC4C[C@H]5CC[C@@H](C4)N5)ccn23)cc(OC(F)F)c1C(=O)NC1CC1.Cl. The highest BCUT2D eigenvalue weighted by Gasteiger charge is 2.34. The first kappa shape index (κ1) is 25.5. The summed E-state index contributed by atoms with van der Waals surface area (Å²) in [6.45, 7) is -3.09. The minimum absolute atomic E-state index is 0. The van der Waals surface area contributed by atoms with Crippen LogP contribution in [0.4, 0.5) is 8.78 Å². The monoisotopic (exact) mass is 534 g/mol. The maximum Gasteiger partial charge on any atom is 0.387 e. The average Bonchev–Trinajstić information content (AvgIpc) is 3.46. The Morgan fingerprint density at radius 2 is 1.86 bits per heavy atom. The van der Waals surface area contributed by atoms with Gasteiger partial charge in [-0.05, 0) is 56.7 Å². The molecule has 1 amide bonds. The number of imidazole rings is 1. The second-order valence-electron chi connectivity index (χ2n) is 9.76. The van der Waals surface area contributed by atoms with E-state index in [1.807, 2.05) is 22.7 Å². The Bertz CT molecular complexity index is 1290. The van der Waals surface area contributed by atoms with Crippen LogP contribution in [-0.2, 0) is 0 Å². The van der Waals surface area contributed by atoms with E-state index in [9.17, 15) is 13.6 Å². The van der Waals surface area contributed by atoms with Gasteiger partial charge < -0.3 is 24.8 Å². The van der Waals surface area contributed by atoms with Crippen molar-refractivity contribution in [2.24, 2.45) is 0 Å². The zero-order valence-electron chi connectivity index (χ0n) is 20.3. The topological polar surface area (TPSA) is 86.1 Å². The standard InChI is InChI=1S/C26H28F2N4O4.ClH/c1-34-21-8-14(9-22(36-26(27)28)24(21)25(33)31-15-2-3-15)20-13-29-23-12-18(6-7-32(20)23)35-19-10-16-4-5-17(11-19)30-16;/h6-9,12-13,15-17,19,26,30H,2-5,10-11H2,1H3,(H,31,33);1H/t16-,17+,19?;. The number of rotatable bonds is 8. The van der Waals surface area contributed by atoms with Crippen LogP contribution >= 0.6 is 12.4 Å². The van der Waals surface area contributed by atoms with Crippen LogP contribution in [0.2, 0.25) is 0 Å². The molecule has 37 heavy (non-hydrogen) atoms. The number of ether oxygens (including phenoxy) is 3. The van der Waals surface area contributed by atoms with Crippen molar-refractivity contribution in [1.29, 1.82) is 0 Å². The third kappa shape index (κ3) is 5.31. The molecule has 3 aliphatic rings. The average molecular weight is 535 g/mol. The predicted octanol–water partition coefficient (Wildman–Crippen LogP) is 4.59. The highest BCUT2D eigenvalue weighted by molar-refractivity contribution is 6.01. The van der Waals surface area contributed by atoms with Crippen molar-refractivity contribution in [2.45, 2.75) is 69.4 Å². The van der Waals surface area contributed by atoms with E-state index in [0.29, 0.717) is 29.0 Å². The van der Waals surface area contributed by atoms with Gasteiger partial charge >= 0.3 is 6.61 Å². The van der Waals surface area contributed by atoms with E-state index in [2.05, 4.69) is 15.6 Å². The third-order valence-electron chi connectivity index (χ3n) is 7.15. The highest BCUT2D eigenvalue weighted by Crippen LogP contribution is 2.37. The first-order chi connectivity index (χ1) is 17.5. The largest absolute Gasteiger partial charge is 0.496 e. The minimum atomic E-state index is -3.09. The molecule has 3 fully saturated rings. The second-order valence-corrected chi connectivity index (χ2v) is 9.76. The number of piperidine rings is 1. The van der Waals surface area contributed by atoms with Crippen LogP contribution in [0.1, 0.15) is 48.9 Å². The molecule has 2 N–H and O–H groups in total. The van der Waals surface area contributed by atoms with E-state index in [1.165, 1.54) is 26.0 Å². The number of nitrogens with one attached hydrogen (secondary N) is 2. The fourth-order valence-electron chi connectivity index (χ4n) is 5.34. The van der Waals surface area contributed by atoms with Crippen LogP contribution in [0.5, 0.6) is 17.2 Å². The molecule has 2 aromatic heterocycles. The second kappa shape index (κ2) is 10.3. The van der Waals surface area contributed by atoms with E-state index in [0.717, 1.165) is 31.4 Å². The molecule has 1 aliphatic carbocycles. The number of nitrogens with zero attached hydrogens (tertiary/aromatic N) is 2. The summed E-state index contributed by atoms with van der Waals surface area (Å²) in [5.74, 6) is 0.157. The Morgan fingerprint density at radius 1 is 1.14 bits per heavy atom. The summed E-state index contributed by atoms with van der Waals surface area (Å²) in [6, 6.07) is 7.94. The number of pyridine rings is 1. The first-order valence-electron chi connectivity index (χ1n) is 12.3. The lowest BCUT2D eigenvalue weighted by Crippen LogP contribution is -2.42. The third-order valence-corrected chi connectivity index (χ3v) is 7.15. The molecule has 8 nitrogen and oxygen atoms in total. The van der Waals surface area contributed by atoms with Gasteiger partial charge in [-0.2, -0.15) is 8.78 Å². The van der Waals surface area contributed by atoms with Crippen molar-refractivity contribution in [3.63, 3.8) is 0 Å². The fraction of sp³-hybridized carbons (Fsp3) is 0.462. The van der Waals surface area contributed by atoms with Gasteiger partial charge in [0.2, 0.25) is 0 Å². The van der Waals surface area contributed by atoms with Crippen LogP contribution in [-0.4, -0.2) is 53.2 Å². The van der Waals surface area contributed by atoms with Gasteiger partial charge in [0.05, 0.1) is 19.0 Å². The molecule has 1 saturated carbocycles. The molecule has 4 heterocycles. The smallest absolute Gasteiger partial charge is 0.387 e. The van der Waals surface area contributed by atoms with Gasteiger partial charge in [-0.1, -0.05) is 0 Å². The number of aromatic nitrogens is 2. The lowest BCUT2D eigenvalue weighted by molar-refractivity contribution is -0.0502. The molecule has 11 heteroatoms. The number of hydrogen-bond acceptors (Lipinski definition) is 6. The Balaban J connectivity index is 0.00000280. The number of hydrogen-bond donors (Lipinski definition) is 2. The van der Waals surface area contributed by atoms with Crippen molar-refractivity contribution in [2.75, 3.05) is 7.11 Å². The summed E-state index contributed by atoms with van der Waals surface area (Å²) in [5, 5.41) is 6.43. The van der Waals surface area contributed by atoms with Crippen LogP contribution in [0.3, 0.4) is 0 Å². The molecule has 2 bridgehead atoms. The lowest BCUT2D eigenvalue weighted by Gasteiger charge is -2.29. The number of methoxy groups -OCH3 is 1. The summed E-state index contributed by atoms with van der Waals surface area (Å²) in [6.07, 6.45) is 9.79. The van der Waals surface area contributed by atoms with Crippen molar-refractivity contribution in [3.05, 3.63) is 42.2 Å². The Morgan fingerprint density at radius 3 is 2.54 bits per heavy atom. The number of halogens is 3. The van der Waals surface area contributed by atoms with E-state index in [1.54, 1.807) is 12.3 Å². The van der Waals surface area contributed by atoms with E-state index < -0.39 is 12.5 Å². The molecule has 0 radical (unpaired) electrons. The van der Waals surface area contributed by atoms with E-state index in [4.69, 9.17) is 14.2 Å². The molecule has 6 rings (SSSR count). The number of benzene rings is 1. The molecule has 3 atom stereocenters. The van der Waals surface area contributed by atoms with Gasteiger partial charge in [-0.3, -0.25) is 9.20 Å². The minimum Gasteiger partial charge on any atom is -0.496 e. The molecule has 1 aromatic carbocycles. The Hall–Kier alpha value is -3.11. The van der Waals surface area contributed by atoms with E-state index >= 15 is 0 Å².